The van der Waals surface area contributed by atoms with Crippen molar-refractivity contribution in [1.29, 1.82) is 0 Å². The highest BCUT2D eigenvalue weighted by atomic mass is 127. The zero-order valence-corrected chi connectivity index (χ0v) is 22.2. The van der Waals surface area contributed by atoms with Crippen molar-refractivity contribution in [2.24, 2.45) is 5.10 Å². The van der Waals surface area contributed by atoms with Crippen LogP contribution in [0.2, 0.25) is 0 Å². The lowest BCUT2D eigenvalue weighted by Crippen LogP contribution is -2.41. The van der Waals surface area contributed by atoms with E-state index >= 15 is 0 Å². The molecule has 4 rings (SSSR count). The quantitative estimate of drug-likeness (QED) is 0.108. The first-order valence-electron chi connectivity index (χ1n) is 11.6. The normalized spacial score (nSPS) is 13.1. The van der Waals surface area contributed by atoms with Crippen molar-refractivity contribution in [3.63, 3.8) is 0 Å². The van der Waals surface area contributed by atoms with E-state index in [2.05, 4.69) is 38.4 Å². The van der Waals surface area contributed by atoms with Crippen LogP contribution in [-0.2, 0) is 14.3 Å². The lowest BCUT2D eigenvalue weighted by Gasteiger charge is -2.27. The number of carbonyl (C=O) groups excluding carboxylic acids is 4. The van der Waals surface area contributed by atoms with Crippen molar-refractivity contribution in [1.82, 2.24) is 10.3 Å². The Morgan fingerprint density at radius 2 is 1.53 bits per heavy atom. The Morgan fingerprint density at radius 1 is 0.868 bits per heavy atom. The molecule has 0 bridgehead atoms. The van der Waals surface area contributed by atoms with Crippen LogP contribution in [0.5, 0.6) is 5.75 Å². The average Bonchev–Trinajstić information content (AvgIpc) is 2.94. The fraction of sp³-hybridized carbons (Fsp3) is 0.148. The van der Waals surface area contributed by atoms with E-state index in [4.69, 9.17) is 9.47 Å². The van der Waals surface area contributed by atoms with Crippen LogP contribution in [0, 0.1) is 3.57 Å². The van der Waals surface area contributed by atoms with Gasteiger partial charge in [0, 0.05) is 16.7 Å². The molecule has 0 radical (unpaired) electrons. The Hall–Kier alpha value is -4.10. The van der Waals surface area contributed by atoms with Gasteiger partial charge in [-0.25, -0.2) is 10.2 Å². The average molecular weight is 626 g/mol. The molecule has 0 spiro atoms. The summed E-state index contributed by atoms with van der Waals surface area (Å²) in [6.45, 7) is 1.79. The minimum Gasteiger partial charge on any atom is -0.423 e. The number of hydrogen-bond donors (Lipinski definition) is 2. The molecule has 0 aromatic heterocycles. The van der Waals surface area contributed by atoms with Gasteiger partial charge in [-0.15, -0.1) is 0 Å². The molecule has 2 N–H and O–H groups in total. The van der Waals surface area contributed by atoms with Crippen LogP contribution in [-0.4, -0.2) is 61.1 Å². The number of amides is 3. The summed E-state index contributed by atoms with van der Waals surface area (Å²) in [6, 6.07) is 20.0. The third kappa shape index (κ3) is 7.01. The first kappa shape index (κ1) is 26.9. The van der Waals surface area contributed by atoms with Crippen molar-refractivity contribution in [3.8, 4) is 5.75 Å². The monoisotopic (exact) mass is 626 g/mol. The van der Waals surface area contributed by atoms with Crippen LogP contribution in [0.25, 0.3) is 0 Å². The van der Waals surface area contributed by atoms with E-state index in [1.807, 2.05) is 12.1 Å². The molecule has 1 heterocycles. The van der Waals surface area contributed by atoms with Gasteiger partial charge in [0.1, 0.15) is 5.75 Å². The molecular weight excluding hydrogens is 603 g/mol. The Morgan fingerprint density at radius 3 is 2.24 bits per heavy atom. The van der Waals surface area contributed by atoms with Crippen LogP contribution in [0.15, 0.2) is 77.9 Å². The zero-order valence-electron chi connectivity index (χ0n) is 20.1. The van der Waals surface area contributed by atoms with Crippen LogP contribution in [0.1, 0.15) is 26.3 Å². The molecule has 3 aromatic carbocycles. The molecule has 3 aromatic rings. The highest BCUT2D eigenvalue weighted by Gasteiger charge is 2.23. The van der Waals surface area contributed by atoms with E-state index in [0.29, 0.717) is 43.2 Å². The van der Waals surface area contributed by atoms with Crippen molar-refractivity contribution in [3.05, 3.63) is 93.1 Å². The van der Waals surface area contributed by atoms with Gasteiger partial charge in [-0.1, -0.05) is 24.3 Å². The molecule has 3 amide bonds. The smallest absolute Gasteiger partial charge is 0.344 e. The number of rotatable bonds is 6. The standard InChI is InChI=1S/C27H23IN4O6/c28-22-7-3-1-5-20(22)27(36)38-19-11-9-18(10-12-19)17-29-31-25(34)24(33)30-23-8-4-2-6-21(23)26(35)32-13-15-37-16-14-32/h1-12,17H,13-16H2,(H,30,33)(H,31,34)/b29-17-. The molecule has 0 unspecified atom stereocenters. The number of para-hydroxylation sites is 1. The number of hydrogen-bond acceptors (Lipinski definition) is 7. The number of morpholine rings is 1. The largest absolute Gasteiger partial charge is 0.423 e. The molecular formula is C27H23IN4O6. The Labute approximate surface area is 232 Å². The van der Waals surface area contributed by atoms with E-state index in [1.54, 1.807) is 65.6 Å². The van der Waals surface area contributed by atoms with Crippen LogP contribution in [0.4, 0.5) is 5.69 Å². The molecule has 38 heavy (non-hydrogen) atoms. The fourth-order valence-corrected chi connectivity index (χ4v) is 4.13. The highest BCUT2D eigenvalue weighted by molar-refractivity contribution is 14.1. The Balaban J connectivity index is 1.30. The summed E-state index contributed by atoms with van der Waals surface area (Å²) in [4.78, 5) is 51.5. The van der Waals surface area contributed by atoms with Gasteiger partial charge in [0.25, 0.3) is 5.91 Å². The molecule has 0 saturated carbocycles. The van der Waals surface area contributed by atoms with Gasteiger partial charge in [-0.05, 0) is 76.7 Å². The maximum absolute atomic E-state index is 12.8. The summed E-state index contributed by atoms with van der Waals surface area (Å²) in [5.74, 6) is -2.35. The van der Waals surface area contributed by atoms with E-state index in [9.17, 15) is 19.2 Å². The maximum atomic E-state index is 12.8. The van der Waals surface area contributed by atoms with E-state index < -0.39 is 17.8 Å². The third-order valence-electron chi connectivity index (χ3n) is 5.47. The number of esters is 1. The number of carbonyl (C=O) groups is 4. The third-order valence-corrected chi connectivity index (χ3v) is 6.42. The molecule has 1 aliphatic rings. The summed E-state index contributed by atoms with van der Waals surface area (Å²) < 4.78 is 11.4. The van der Waals surface area contributed by atoms with E-state index in [1.165, 1.54) is 6.21 Å². The minimum atomic E-state index is -1.00. The molecule has 0 aliphatic carbocycles. The second-order valence-corrected chi connectivity index (χ2v) is 9.20. The lowest BCUT2D eigenvalue weighted by atomic mass is 10.1. The van der Waals surface area contributed by atoms with Gasteiger partial charge >= 0.3 is 17.8 Å². The summed E-state index contributed by atoms with van der Waals surface area (Å²) in [5, 5.41) is 6.27. The molecule has 1 saturated heterocycles. The van der Waals surface area contributed by atoms with Crippen molar-refractivity contribution in [2.75, 3.05) is 31.6 Å². The predicted octanol–water partition coefficient (Wildman–Crippen LogP) is 3.07. The fourth-order valence-electron chi connectivity index (χ4n) is 3.52. The molecule has 1 aliphatic heterocycles. The maximum Gasteiger partial charge on any atom is 0.344 e. The topological polar surface area (TPSA) is 126 Å². The molecule has 0 atom stereocenters. The second kappa shape index (κ2) is 12.9. The van der Waals surface area contributed by atoms with Gasteiger partial charge in [0.15, 0.2) is 0 Å². The van der Waals surface area contributed by atoms with Crippen molar-refractivity contribution in [2.45, 2.75) is 0 Å². The van der Waals surface area contributed by atoms with Crippen LogP contribution >= 0.6 is 22.6 Å². The number of hydrazone groups is 1. The number of halogens is 1. The highest BCUT2D eigenvalue weighted by Crippen LogP contribution is 2.19. The van der Waals surface area contributed by atoms with Crippen molar-refractivity contribution < 1.29 is 28.7 Å². The van der Waals surface area contributed by atoms with E-state index in [-0.39, 0.29) is 17.2 Å². The summed E-state index contributed by atoms with van der Waals surface area (Å²) >= 11 is 2.07. The number of nitrogens with one attached hydrogen (secondary N) is 2. The van der Waals surface area contributed by atoms with Gasteiger partial charge in [-0.2, -0.15) is 5.10 Å². The van der Waals surface area contributed by atoms with Crippen molar-refractivity contribution >= 4 is 58.2 Å². The molecule has 1 fully saturated rings. The summed E-state index contributed by atoms with van der Waals surface area (Å²) in [6.07, 6.45) is 1.34. The summed E-state index contributed by atoms with van der Waals surface area (Å²) in [5.41, 5.74) is 3.73. The van der Waals surface area contributed by atoms with Gasteiger partial charge in [-0.3, -0.25) is 14.4 Å². The second-order valence-electron chi connectivity index (χ2n) is 8.04. The number of ether oxygens (including phenoxy) is 2. The first-order chi connectivity index (χ1) is 18.4. The zero-order chi connectivity index (χ0) is 26.9. The number of anilines is 1. The predicted molar refractivity (Wildman–Crippen MR) is 148 cm³/mol. The Bertz CT molecular complexity index is 1370. The molecule has 194 valence electrons. The first-order valence-corrected chi connectivity index (χ1v) is 12.7. The van der Waals surface area contributed by atoms with Crippen LogP contribution in [0.3, 0.4) is 0 Å². The SMILES string of the molecule is O=C(N/N=C\c1ccc(OC(=O)c2ccccc2I)cc1)C(=O)Nc1ccccc1C(=O)N1CCOCC1. The Kier molecular flexibility index (Phi) is 9.16. The molecule has 11 heteroatoms. The van der Waals surface area contributed by atoms with E-state index in [0.717, 1.165) is 3.57 Å². The minimum absolute atomic E-state index is 0.225. The number of nitrogens with zero attached hydrogens (tertiary/aromatic N) is 2. The van der Waals surface area contributed by atoms with Gasteiger partial charge < -0.3 is 19.7 Å². The van der Waals surface area contributed by atoms with Gasteiger partial charge in [0.05, 0.1) is 36.2 Å². The summed E-state index contributed by atoms with van der Waals surface area (Å²) in [7, 11) is 0. The van der Waals surface area contributed by atoms with Gasteiger partial charge in [0.2, 0.25) is 0 Å². The number of benzene rings is 3. The van der Waals surface area contributed by atoms with Crippen LogP contribution < -0.4 is 15.5 Å². The lowest BCUT2D eigenvalue weighted by molar-refractivity contribution is -0.136. The molecule has 10 nitrogen and oxygen atoms in total.